The van der Waals surface area contributed by atoms with Gasteiger partial charge in [-0.1, -0.05) is 0 Å². The molecule has 0 aromatic carbocycles. The molecule has 0 atom stereocenters. The van der Waals surface area contributed by atoms with Gasteiger partial charge in [0.15, 0.2) is 11.4 Å². The lowest BCUT2D eigenvalue weighted by Crippen LogP contribution is -2.31. The number of hydrogen-bond acceptors (Lipinski definition) is 5. The summed E-state index contributed by atoms with van der Waals surface area (Å²) in [5, 5.41) is 8.48. The molecule has 0 radical (unpaired) electrons. The topological polar surface area (TPSA) is 100 Å². The molecule has 1 aromatic heterocycles. The third kappa shape index (κ3) is 1.99. The van der Waals surface area contributed by atoms with Crippen LogP contribution in [0, 0.1) is 0 Å². The zero-order valence-electron chi connectivity index (χ0n) is 8.79. The van der Waals surface area contributed by atoms with Crippen LogP contribution in [0.25, 0.3) is 0 Å². The minimum absolute atomic E-state index is 0.0350. The molecule has 0 fully saturated rings. The van der Waals surface area contributed by atoms with Crippen molar-refractivity contribution in [2.75, 3.05) is 6.54 Å². The van der Waals surface area contributed by atoms with Crippen LogP contribution in [-0.4, -0.2) is 44.3 Å². The van der Waals surface area contributed by atoms with Gasteiger partial charge in [-0.25, -0.2) is 9.97 Å². The normalized spacial score (nSPS) is 14.0. The number of aromatic nitrogens is 2. The molecule has 2 amide bonds. The van der Waals surface area contributed by atoms with E-state index in [1.54, 1.807) is 0 Å². The van der Waals surface area contributed by atoms with E-state index in [-0.39, 0.29) is 30.8 Å². The second-order valence-corrected chi connectivity index (χ2v) is 3.51. The predicted octanol–water partition coefficient (Wildman–Crippen LogP) is -0.0626. The van der Waals surface area contributed by atoms with Gasteiger partial charge in [-0.3, -0.25) is 19.3 Å². The van der Waals surface area contributed by atoms with Crippen molar-refractivity contribution in [3.8, 4) is 0 Å². The SMILES string of the molecule is O=C(O)CCCN1C(=O)c2nccnc2C1=O. The molecular formula is C10H9N3O4. The molecule has 0 unspecified atom stereocenters. The van der Waals surface area contributed by atoms with Gasteiger partial charge in [0.2, 0.25) is 0 Å². The van der Waals surface area contributed by atoms with Crippen molar-refractivity contribution < 1.29 is 19.5 Å². The maximum absolute atomic E-state index is 11.7. The fourth-order valence-electron chi connectivity index (χ4n) is 1.59. The summed E-state index contributed by atoms with van der Waals surface area (Å²) in [6, 6.07) is 0. The first-order chi connectivity index (χ1) is 8.11. The molecule has 1 aromatic rings. The van der Waals surface area contributed by atoms with Crippen molar-refractivity contribution in [1.29, 1.82) is 0 Å². The van der Waals surface area contributed by atoms with Crippen LogP contribution in [0.15, 0.2) is 12.4 Å². The van der Waals surface area contributed by atoms with E-state index in [1.807, 2.05) is 0 Å². The maximum atomic E-state index is 11.7. The standard InChI is InChI=1S/C10H9N3O4/c14-6(15)2-1-5-13-9(16)7-8(10(13)17)12-4-3-11-7/h3-4H,1-2,5H2,(H,14,15). The van der Waals surface area contributed by atoms with Crippen LogP contribution >= 0.6 is 0 Å². The largest absolute Gasteiger partial charge is 0.481 e. The molecule has 2 heterocycles. The highest BCUT2D eigenvalue weighted by molar-refractivity contribution is 6.19. The molecule has 17 heavy (non-hydrogen) atoms. The Balaban J connectivity index is 2.11. The number of rotatable bonds is 4. The van der Waals surface area contributed by atoms with Crippen LogP contribution in [0.2, 0.25) is 0 Å². The van der Waals surface area contributed by atoms with Crippen molar-refractivity contribution in [3.05, 3.63) is 23.8 Å². The highest BCUT2D eigenvalue weighted by Gasteiger charge is 2.37. The Morgan fingerprint density at radius 2 is 1.71 bits per heavy atom. The van der Waals surface area contributed by atoms with Crippen molar-refractivity contribution in [3.63, 3.8) is 0 Å². The Labute approximate surface area is 96.1 Å². The van der Waals surface area contributed by atoms with Crippen molar-refractivity contribution in [2.24, 2.45) is 0 Å². The van der Waals surface area contributed by atoms with Crippen molar-refractivity contribution >= 4 is 17.8 Å². The summed E-state index contributed by atoms with van der Waals surface area (Å²) in [6.45, 7) is 0.0714. The Hall–Kier alpha value is -2.31. The van der Waals surface area contributed by atoms with Crippen LogP contribution in [-0.2, 0) is 4.79 Å². The summed E-state index contributed by atoms with van der Waals surface area (Å²) in [7, 11) is 0. The van der Waals surface area contributed by atoms with Gasteiger partial charge in [0.25, 0.3) is 11.8 Å². The van der Waals surface area contributed by atoms with Crippen molar-refractivity contribution in [2.45, 2.75) is 12.8 Å². The predicted molar refractivity (Wildman–Crippen MR) is 54.3 cm³/mol. The number of carbonyl (C=O) groups is 3. The molecule has 2 rings (SSSR count). The van der Waals surface area contributed by atoms with E-state index in [1.165, 1.54) is 12.4 Å². The highest BCUT2D eigenvalue weighted by Crippen LogP contribution is 2.18. The lowest BCUT2D eigenvalue weighted by molar-refractivity contribution is -0.137. The summed E-state index contributed by atoms with van der Waals surface area (Å²) in [4.78, 5) is 42.4. The number of carboxylic acids is 1. The van der Waals surface area contributed by atoms with Gasteiger partial charge in [-0.05, 0) is 6.42 Å². The van der Waals surface area contributed by atoms with E-state index in [0.29, 0.717) is 0 Å². The first kappa shape index (κ1) is 11.2. The van der Waals surface area contributed by atoms with Gasteiger partial charge in [0.1, 0.15) is 0 Å². The molecule has 1 N–H and O–H groups in total. The monoisotopic (exact) mass is 235 g/mol. The number of carboxylic acid groups (broad SMARTS) is 1. The zero-order chi connectivity index (χ0) is 12.4. The molecule has 1 aliphatic heterocycles. The zero-order valence-corrected chi connectivity index (χ0v) is 8.79. The number of fused-ring (bicyclic) bond motifs is 1. The molecule has 88 valence electrons. The summed E-state index contributed by atoms with van der Waals surface area (Å²) in [6.07, 6.45) is 2.81. The Kier molecular flexibility index (Phi) is 2.82. The number of imide groups is 1. The summed E-state index contributed by atoms with van der Waals surface area (Å²) >= 11 is 0. The van der Waals surface area contributed by atoms with Crippen LogP contribution in [0.1, 0.15) is 33.8 Å². The Morgan fingerprint density at radius 3 is 2.18 bits per heavy atom. The quantitative estimate of drug-likeness (QED) is 0.733. The van der Waals surface area contributed by atoms with Gasteiger partial charge < -0.3 is 5.11 Å². The summed E-state index contributed by atoms with van der Waals surface area (Å²) in [5.41, 5.74) is 0.0700. The van der Waals surface area contributed by atoms with Gasteiger partial charge in [0.05, 0.1) is 0 Å². The number of hydrogen-bond donors (Lipinski definition) is 1. The number of nitrogens with zero attached hydrogens (tertiary/aromatic N) is 3. The smallest absolute Gasteiger partial charge is 0.303 e. The first-order valence-electron chi connectivity index (χ1n) is 5.00. The molecule has 1 aliphatic rings. The molecule has 0 saturated carbocycles. The van der Waals surface area contributed by atoms with Crippen LogP contribution in [0.3, 0.4) is 0 Å². The molecule has 7 heteroatoms. The van der Waals surface area contributed by atoms with Gasteiger partial charge in [0, 0.05) is 25.4 Å². The van der Waals surface area contributed by atoms with Crippen molar-refractivity contribution in [1.82, 2.24) is 14.9 Å². The van der Waals surface area contributed by atoms with Crippen LogP contribution in [0.5, 0.6) is 0 Å². The fraction of sp³-hybridized carbons (Fsp3) is 0.300. The average Bonchev–Trinajstić information content (AvgIpc) is 2.54. The Bertz CT molecular complexity index is 465. The minimum atomic E-state index is -0.960. The molecule has 0 saturated heterocycles. The molecule has 7 nitrogen and oxygen atoms in total. The molecule has 0 spiro atoms. The van der Waals surface area contributed by atoms with E-state index < -0.39 is 17.8 Å². The van der Waals surface area contributed by atoms with Gasteiger partial charge in [-0.15, -0.1) is 0 Å². The molecule has 0 aliphatic carbocycles. The second-order valence-electron chi connectivity index (χ2n) is 3.51. The van der Waals surface area contributed by atoms with Gasteiger partial charge >= 0.3 is 5.97 Å². The molecule has 0 bridgehead atoms. The summed E-state index contributed by atoms with van der Waals surface area (Å²) in [5.74, 6) is -1.98. The van der Waals surface area contributed by atoms with Crippen LogP contribution in [0.4, 0.5) is 0 Å². The Morgan fingerprint density at radius 1 is 1.18 bits per heavy atom. The third-order valence-corrected chi connectivity index (χ3v) is 2.37. The maximum Gasteiger partial charge on any atom is 0.303 e. The number of carbonyl (C=O) groups excluding carboxylic acids is 2. The van der Waals surface area contributed by atoms with E-state index in [0.717, 1.165) is 4.90 Å². The second kappa shape index (κ2) is 4.28. The van der Waals surface area contributed by atoms with Crippen LogP contribution < -0.4 is 0 Å². The third-order valence-electron chi connectivity index (χ3n) is 2.37. The lowest BCUT2D eigenvalue weighted by atomic mass is 10.3. The van der Waals surface area contributed by atoms with E-state index in [4.69, 9.17) is 5.11 Å². The van der Waals surface area contributed by atoms with E-state index in [9.17, 15) is 14.4 Å². The average molecular weight is 235 g/mol. The first-order valence-corrected chi connectivity index (χ1v) is 5.00. The lowest BCUT2D eigenvalue weighted by Gasteiger charge is -2.11. The molecular weight excluding hydrogens is 226 g/mol. The fourth-order valence-corrected chi connectivity index (χ4v) is 1.59. The number of amides is 2. The van der Waals surface area contributed by atoms with Gasteiger partial charge in [-0.2, -0.15) is 0 Å². The summed E-state index contributed by atoms with van der Waals surface area (Å²) < 4.78 is 0. The highest BCUT2D eigenvalue weighted by atomic mass is 16.4. The minimum Gasteiger partial charge on any atom is -0.481 e. The number of aliphatic carboxylic acids is 1. The van der Waals surface area contributed by atoms with E-state index >= 15 is 0 Å². The van der Waals surface area contributed by atoms with E-state index in [2.05, 4.69) is 9.97 Å².